The van der Waals surface area contributed by atoms with E-state index in [9.17, 15) is 19.7 Å². The third kappa shape index (κ3) is 4.15. The lowest BCUT2D eigenvalue weighted by Gasteiger charge is -2.09. The van der Waals surface area contributed by atoms with Crippen LogP contribution >= 0.6 is 0 Å². The van der Waals surface area contributed by atoms with Gasteiger partial charge < -0.3 is 5.32 Å². The molecule has 0 aliphatic carbocycles. The number of rotatable bonds is 6. The van der Waals surface area contributed by atoms with Gasteiger partial charge in [0.1, 0.15) is 11.3 Å². The van der Waals surface area contributed by atoms with Crippen molar-refractivity contribution in [2.45, 2.75) is 19.9 Å². The lowest BCUT2D eigenvalue weighted by Crippen LogP contribution is -2.26. The average molecular weight is 419 g/mol. The molecule has 0 spiro atoms. The Morgan fingerprint density at radius 3 is 2.65 bits per heavy atom. The highest BCUT2D eigenvalue weighted by Crippen LogP contribution is 2.20. The second-order valence-corrected chi connectivity index (χ2v) is 6.79. The van der Waals surface area contributed by atoms with E-state index in [1.165, 1.54) is 16.8 Å². The van der Waals surface area contributed by atoms with E-state index in [0.29, 0.717) is 28.1 Å². The molecule has 31 heavy (non-hydrogen) atoms. The van der Waals surface area contributed by atoms with Crippen LogP contribution in [0, 0.1) is 17.0 Å². The van der Waals surface area contributed by atoms with E-state index in [1.54, 1.807) is 49.4 Å². The third-order valence-corrected chi connectivity index (χ3v) is 4.58. The van der Waals surface area contributed by atoms with Crippen molar-refractivity contribution < 1.29 is 9.72 Å². The van der Waals surface area contributed by atoms with Crippen molar-refractivity contribution in [2.75, 3.05) is 5.32 Å². The minimum atomic E-state index is -0.488. The van der Waals surface area contributed by atoms with Crippen molar-refractivity contribution in [1.82, 2.24) is 24.8 Å². The molecule has 0 atom stereocenters. The summed E-state index contributed by atoms with van der Waals surface area (Å²) in [6.45, 7) is 1.83. The van der Waals surface area contributed by atoms with Crippen molar-refractivity contribution in [1.29, 1.82) is 0 Å². The lowest BCUT2D eigenvalue weighted by molar-refractivity contribution is -0.384. The first-order chi connectivity index (χ1) is 14.9. The molecule has 0 bridgehead atoms. The Kier molecular flexibility index (Phi) is 5.22. The zero-order chi connectivity index (χ0) is 22.0. The Morgan fingerprint density at radius 2 is 1.90 bits per heavy atom. The largest absolute Gasteiger partial charge is 0.311 e. The van der Waals surface area contributed by atoms with Crippen LogP contribution in [0.4, 0.5) is 11.5 Å². The monoisotopic (exact) mass is 419 g/mol. The molecule has 0 unspecified atom stereocenters. The second kappa shape index (κ2) is 8.14. The Morgan fingerprint density at radius 1 is 1.16 bits per heavy atom. The Bertz CT molecular complexity index is 1340. The molecular weight excluding hydrogens is 402 g/mol. The molecule has 2 aromatic heterocycles. The molecule has 156 valence electrons. The number of hydrogen-bond acceptors (Lipinski definition) is 7. The SMILES string of the molecule is Cc1cc(NC(=O)CCn2nnc3ccccc3c2=O)n(-c2ccc([N+](=O)[O-])cc2)n1. The minimum Gasteiger partial charge on any atom is -0.311 e. The number of nitrogens with zero attached hydrogens (tertiary/aromatic N) is 6. The fraction of sp³-hybridized carbons (Fsp3) is 0.150. The molecule has 0 fully saturated rings. The number of nitro groups is 1. The van der Waals surface area contributed by atoms with Gasteiger partial charge in [0.15, 0.2) is 0 Å². The maximum Gasteiger partial charge on any atom is 0.277 e. The number of aromatic nitrogens is 5. The molecule has 11 heteroatoms. The van der Waals surface area contributed by atoms with Gasteiger partial charge in [0, 0.05) is 24.6 Å². The number of benzene rings is 2. The highest BCUT2D eigenvalue weighted by Gasteiger charge is 2.13. The number of carbonyl (C=O) groups excluding carboxylic acids is 1. The number of hydrogen-bond donors (Lipinski definition) is 1. The summed E-state index contributed by atoms with van der Waals surface area (Å²) < 4.78 is 2.64. The van der Waals surface area contributed by atoms with E-state index in [-0.39, 0.29) is 30.1 Å². The summed E-state index contributed by atoms with van der Waals surface area (Å²) in [6, 6.07) is 14.4. The van der Waals surface area contributed by atoms with Gasteiger partial charge in [-0.05, 0) is 31.2 Å². The summed E-state index contributed by atoms with van der Waals surface area (Å²) in [5, 5.41) is 26.2. The predicted molar refractivity (Wildman–Crippen MR) is 112 cm³/mol. The van der Waals surface area contributed by atoms with Crippen LogP contribution in [0.15, 0.2) is 59.4 Å². The van der Waals surface area contributed by atoms with Crippen molar-refractivity contribution >= 4 is 28.3 Å². The summed E-state index contributed by atoms with van der Waals surface area (Å²) >= 11 is 0. The average Bonchev–Trinajstić information content (AvgIpc) is 3.13. The van der Waals surface area contributed by atoms with Gasteiger partial charge >= 0.3 is 0 Å². The molecule has 1 amide bonds. The first kappa shape index (κ1) is 19.9. The van der Waals surface area contributed by atoms with E-state index < -0.39 is 4.92 Å². The number of fused-ring (bicyclic) bond motifs is 1. The van der Waals surface area contributed by atoms with Crippen molar-refractivity contribution in [2.24, 2.45) is 0 Å². The molecule has 1 N–H and O–H groups in total. The summed E-state index contributed by atoms with van der Waals surface area (Å²) in [5.41, 5.74) is 1.36. The van der Waals surface area contributed by atoms with Gasteiger partial charge in [-0.3, -0.25) is 19.7 Å². The second-order valence-electron chi connectivity index (χ2n) is 6.79. The third-order valence-electron chi connectivity index (χ3n) is 4.58. The molecule has 11 nitrogen and oxygen atoms in total. The van der Waals surface area contributed by atoms with Crippen LogP contribution in [0.5, 0.6) is 0 Å². The van der Waals surface area contributed by atoms with E-state index in [2.05, 4.69) is 20.7 Å². The lowest BCUT2D eigenvalue weighted by atomic mass is 10.2. The van der Waals surface area contributed by atoms with Crippen LogP contribution in [-0.2, 0) is 11.3 Å². The van der Waals surface area contributed by atoms with Crippen molar-refractivity contribution in [3.63, 3.8) is 0 Å². The maximum absolute atomic E-state index is 12.5. The Labute approximate surface area is 175 Å². The summed E-state index contributed by atoms with van der Waals surface area (Å²) in [6.07, 6.45) is -0.00256. The van der Waals surface area contributed by atoms with Gasteiger partial charge in [-0.15, -0.1) is 5.10 Å². The normalized spacial score (nSPS) is 10.9. The van der Waals surface area contributed by atoms with Crippen LogP contribution in [0.1, 0.15) is 12.1 Å². The Hall–Kier alpha value is -4.41. The van der Waals surface area contributed by atoms with Crippen LogP contribution < -0.4 is 10.9 Å². The first-order valence-corrected chi connectivity index (χ1v) is 9.36. The molecule has 0 radical (unpaired) electrons. The van der Waals surface area contributed by atoms with Crippen molar-refractivity contribution in [3.05, 3.63) is 80.8 Å². The van der Waals surface area contributed by atoms with E-state index in [0.717, 1.165) is 4.68 Å². The summed E-state index contributed by atoms with van der Waals surface area (Å²) in [4.78, 5) is 35.3. The van der Waals surface area contributed by atoms with Crippen LogP contribution in [0.25, 0.3) is 16.6 Å². The van der Waals surface area contributed by atoms with Gasteiger partial charge in [-0.1, -0.05) is 17.3 Å². The number of non-ortho nitro benzene ring substituents is 1. The number of nitro benzene ring substituents is 1. The molecule has 2 aromatic carbocycles. The molecule has 0 aliphatic rings. The Balaban J connectivity index is 1.49. The standard InChI is InChI=1S/C20H17N7O4/c1-13-12-18(26(23-13)14-6-8-15(9-7-14)27(30)31)21-19(28)10-11-25-20(29)16-4-2-3-5-17(16)22-24-25/h2-9,12H,10-11H2,1H3,(H,21,28). The predicted octanol–water partition coefficient (Wildman–Crippen LogP) is 2.22. The first-order valence-electron chi connectivity index (χ1n) is 9.36. The van der Waals surface area contributed by atoms with Gasteiger partial charge in [0.25, 0.3) is 11.2 Å². The maximum atomic E-state index is 12.5. The molecule has 0 saturated carbocycles. The number of amides is 1. The van der Waals surface area contributed by atoms with Gasteiger partial charge in [0.05, 0.1) is 28.2 Å². The summed E-state index contributed by atoms with van der Waals surface area (Å²) in [5.74, 6) is 0.0678. The zero-order valence-corrected chi connectivity index (χ0v) is 16.4. The number of nitrogens with one attached hydrogen (secondary N) is 1. The van der Waals surface area contributed by atoms with E-state index >= 15 is 0 Å². The van der Waals surface area contributed by atoms with Gasteiger partial charge in [-0.2, -0.15) is 5.10 Å². The number of carbonyl (C=O) groups is 1. The molecule has 0 saturated heterocycles. The zero-order valence-electron chi connectivity index (χ0n) is 16.4. The van der Waals surface area contributed by atoms with Gasteiger partial charge in [-0.25, -0.2) is 9.36 Å². The molecular formula is C20H17N7O4. The minimum absolute atomic E-state index is 0.00256. The van der Waals surface area contributed by atoms with Crippen LogP contribution in [0.3, 0.4) is 0 Å². The highest BCUT2D eigenvalue weighted by molar-refractivity contribution is 5.90. The van der Waals surface area contributed by atoms with E-state index in [4.69, 9.17) is 0 Å². The van der Waals surface area contributed by atoms with E-state index in [1.807, 2.05) is 0 Å². The van der Waals surface area contributed by atoms with Crippen molar-refractivity contribution in [3.8, 4) is 5.69 Å². The highest BCUT2D eigenvalue weighted by atomic mass is 16.6. The molecule has 4 aromatic rings. The summed E-state index contributed by atoms with van der Waals surface area (Å²) in [7, 11) is 0. The quantitative estimate of drug-likeness (QED) is 0.373. The topological polar surface area (TPSA) is 138 Å². The fourth-order valence-electron chi connectivity index (χ4n) is 3.08. The number of aryl methyl sites for hydroxylation is 2. The fourth-order valence-corrected chi connectivity index (χ4v) is 3.08. The van der Waals surface area contributed by atoms with Gasteiger partial charge in [0.2, 0.25) is 5.91 Å². The number of anilines is 1. The van der Waals surface area contributed by atoms with Crippen LogP contribution in [0.2, 0.25) is 0 Å². The molecule has 2 heterocycles. The smallest absolute Gasteiger partial charge is 0.277 e. The molecule has 0 aliphatic heterocycles. The molecule has 4 rings (SSSR count). The van der Waals surface area contributed by atoms with Crippen LogP contribution in [-0.4, -0.2) is 35.6 Å².